The monoisotopic (exact) mass is 915 g/mol. The van der Waals surface area contributed by atoms with Crippen LogP contribution >= 0.6 is 0 Å². The van der Waals surface area contributed by atoms with Crippen LogP contribution in [0.3, 0.4) is 0 Å². The molecule has 0 unspecified atom stereocenters. The van der Waals surface area contributed by atoms with Gasteiger partial charge in [-0.15, -0.1) is 0 Å². The zero-order chi connectivity index (χ0) is 48.9. The summed E-state index contributed by atoms with van der Waals surface area (Å²) in [5.41, 5.74) is 13.8. The van der Waals surface area contributed by atoms with Gasteiger partial charge in [-0.3, -0.25) is 0 Å². The lowest BCUT2D eigenvalue weighted by Crippen LogP contribution is -2.07. The molecule has 0 aliphatic rings. The van der Waals surface area contributed by atoms with Gasteiger partial charge in [0.05, 0.1) is 103 Å². The molecule has 3 heterocycles. The van der Waals surface area contributed by atoms with Crippen molar-refractivity contribution in [3.05, 3.63) is 228 Å². The lowest BCUT2D eigenvalue weighted by atomic mass is 9.97. The summed E-state index contributed by atoms with van der Waals surface area (Å²) in [5, 5.41) is 54.6. The number of para-hydroxylation sites is 2. The van der Waals surface area contributed by atoms with E-state index in [0.717, 1.165) is 71.4 Å². The van der Waals surface area contributed by atoms with Gasteiger partial charge in [-0.2, -0.15) is 26.3 Å². The van der Waals surface area contributed by atoms with Crippen molar-refractivity contribution in [1.29, 1.82) is 26.3 Å². The van der Waals surface area contributed by atoms with Gasteiger partial charge in [0, 0.05) is 38.2 Å². The third-order valence-corrected chi connectivity index (χ3v) is 13.3. The number of aromatic nitrogens is 4. The molecule has 72 heavy (non-hydrogen) atoms. The molecule has 0 fully saturated rings. The molecule has 0 aliphatic heterocycles. The van der Waals surface area contributed by atoms with Crippen LogP contribution in [0.2, 0.25) is 0 Å². The highest BCUT2D eigenvalue weighted by Crippen LogP contribution is 2.45. The van der Waals surface area contributed by atoms with Crippen LogP contribution in [0.5, 0.6) is 0 Å². The SMILES string of the molecule is N#Cc1ccc(-c2ccc3c(c2)c2ccccc2n3-c2cc(C#N)cc(-n3c4ccccc4c4cc(-c5ccc(C#N)cc5C#N)ccc43)c2-c2cc(-c3ccccc3)nc(-c3ccccc3)n2)c(C#N)c1. The number of nitriles is 5. The smallest absolute Gasteiger partial charge is 0.160 e. The Morgan fingerprint density at radius 3 is 1.25 bits per heavy atom. The molecule has 3 aromatic heterocycles. The van der Waals surface area contributed by atoms with Crippen molar-refractivity contribution in [1.82, 2.24) is 19.1 Å². The Morgan fingerprint density at radius 2 is 0.764 bits per heavy atom. The van der Waals surface area contributed by atoms with Gasteiger partial charge in [-0.05, 0) is 101 Å². The molecule has 0 saturated carbocycles. The van der Waals surface area contributed by atoms with Crippen molar-refractivity contribution in [2.24, 2.45) is 0 Å². The first-order valence-corrected chi connectivity index (χ1v) is 23.0. The maximum atomic E-state index is 11.1. The van der Waals surface area contributed by atoms with Crippen molar-refractivity contribution >= 4 is 43.6 Å². The average Bonchev–Trinajstić information content (AvgIpc) is 3.96. The summed E-state index contributed by atoms with van der Waals surface area (Å²) in [4.78, 5) is 10.6. The van der Waals surface area contributed by atoms with E-state index in [4.69, 9.17) is 9.97 Å². The fraction of sp³-hybridized carbons (Fsp3) is 0. The van der Waals surface area contributed by atoms with Crippen LogP contribution in [0, 0.1) is 56.7 Å². The van der Waals surface area contributed by atoms with E-state index in [1.165, 1.54) is 0 Å². The van der Waals surface area contributed by atoms with E-state index in [9.17, 15) is 26.3 Å². The molecule has 9 nitrogen and oxygen atoms in total. The largest absolute Gasteiger partial charge is 0.308 e. The Bertz CT molecular complexity index is 4180. The molecule has 9 aromatic carbocycles. The van der Waals surface area contributed by atoms with Crippen molar-refractivity contribution in [3.8, 4) is 97.9 Å². The van der Waals surface area contributed by atoms with E-state index in [2.05, 4.69) is 88.0 Å². The lowest BCUT2D eigenvalue weighted by Gasteiger charge is -2.21. The van der Waals surface area contributed by atoms with Gasteiger partial charge in [0.1, 0.15) is 0 Å². The normalized spacial score (nSPS) is 11.0. The second-order valence-electron chi connectivity index (χ2n) is 17.3. The molecule has 0 amide bonds. The van der Waals surface area contributed by atoms with Crippen LogP contribution in [-0.4, -0.2) is 19.1 Å². The highest BCUT2D eigenvalue weighted by atomic mass is 15.0. The topological polar surface area (TPSA) is 155 Å². The minimum atomic E-state index is 0.402. The summed E-state index contributed by atoms with van der Waals surface area (Å²) in [6.45, 7) is 0. The van der Waals surface area contributed by atoms with Crippen LogP contribution < -0.4 is 0 Å². The summed E-state index contributed by atoms with van der Waals surface area (Å²) in [6, 6.07) is 76.2. The van der Waals surface area contributed by atoms with E-state index in [1.54, 1.807) is 24.3 Å². The fourth-order valence-electron chi connectivity index (χ4n) is 10.1. The first-order chi connectivity index (χ1) is 35.5. The minimum Gasteiger partial charge on any atom is -0.308 e. The maximum absolute atomic E-state index is 11.1. The quantitative estimate of drug-likeness (QED) is 0.154. The van der Waals surface area contributed by atoms with E-state index in [0.29, 0.717) is 67.5 Å². The zero-order valence-corrected chi connectivity index (χ0v) is 38.1. The number of benzene rings is 9. The summed E-state index contributed by atoms with van der Waals surface area (Å²) in [5.74, 6) is 0.526. The van der Waals surface area contributed by atoms with Gasteiger partial charge in [-0.1, -0.05) is 121 Å². The molecule has 0 bridgehead atoms. The maximum Gasteiger partial charge on any atom is 0.160 e. The highest BCUT2D eigenvalue weighted by Gasteiger charge is 2.26. The summed E-state index contributed by atoms with van der Waals surface area (Å²) >= 11 is 0. The Kier molecular flexibility index (Phi) is 10.2. The molecule has 0 saturated heterocycles. The summed E-state index contributed by atoms with van der Waals surface area (Å²) in [6.07, 6.45) is 0. The van der Waals surface area contributed by atoms with E-state index < -0.39 is 0 Å². The Labute approximate surface area is 413 Å². The van der Waals surface area contributed by atoms with E-state index >= 15 is 0 Å². The zero-order valence-electron chi connectivity index (χ0n) is 38.1. The Hall–Kier alpha value is -10.9. The lowest BCUT2D eigenvalue weighted by molar-refractivity contribution is 1.11. The first kappa shape index (κ1) is 42.5. The number of fused-ring (bicyclic) bond motifs is 6. The van der Waals surface area contributed by atoms with Crippen LogP contribution in [0.1, 0.15) is 27.8 Å². The van der Waals surface area contributed by atoms with Crippen molar-refractivity contribution in [3.63, 3.8) is 0 Å². The highest BCUT2D eigenvalue weighted by molar-refractivity contribution is 6.13. The Morgan fingerprint density at radius 1 is 0.319 bits per heavy atom. The summed E-state index contributed by atoms with van der Waals surface area (Å²) < 4.78 is 4.40. The van der Waals surface area contributed by atoms with Gasteiger partial charge in [0.25, 0.3) is 0 Å². The average molecular weight is 916 g/mol. The molecule has 0 atom stereocenters. The van der Waals surface area contributed by atoms with Gasteiger partial charge >= 0.3 is 0 Å². The molecule has 0 spiro atoms. The van der Waals surface area contributed by atoms with Crippen LogP contribution in [0.15, 0.2) is 200 Å². The van der Waals surface area contributed by atoms with Crippen LogP contribution in [0.25, 0.3) is 111 Å². The fourth-order valence-corrected chi connectivity index (χ4v) is 10.1. The van der Waals surface area contributed by atoms with Gasteiger partial charge in [0.2, 0.25) is 0 Å². The molecular weight excluding hydrogens is 883 g/mol. The van der Waals surface area contributed by atoms with Gasteiger partial charge < -0.3 is 9.13 Å². The van der Waals surface area contributed by atoms with Crippen molar-refractivity contribution in [2.75, 3.05) is 0 Å². The predicted octanol–water partition coefficient (Wildman–Crippen LogP) is 14.4. The summed E-state index contributed by atoms with van der Waals surface area (Å²) in [7, 11) is 0. The van der Waals surface area contributed by atoms with Gasteiger partial charge in [-0.25, -0.2) is 9.97 Å². The third-order valence-electron chi connectivity index (χ3n) is 13.3. The molecule has 0 radical (unpaired) electrons. The third kappa shape index (κ3) is 6.98. The second kappa shape index (κ2) is 17.3. The van der Waals surface area contributed by atoms with Crippen LogP contribution in [-0.2, 0) is 0 Å². The molecule has 12 aromatic rings. The predicted molar refractivity (Wildman–Crippen MR) is 281 cm³/mol. The Balaban J connectivity index is 1.21. The first-order valence-electron chi connectivity index (χ1n) is 23.0. The van der Waals surface area contributed by atoms with Crippen molar-refractivity contribution in [2.45, 2.75) is 0 Å². The molecule has 9 heteroatoms. The standard InChI is InChI=1S/C63H33N9/c64-34-39-19-23-48(46(27-39)37-67)44-21-25-58-52(31-44)50-15-7-9-17-56(50)71(58)60-29-41(36-66)30-61(62(60)55-33-54(42-11-3-1-4-12-42)69-63(70-55)43-13-5-2-6-14-43)72-57-18-10-8-16-51(57)53-32-45(22-26-59(53)72)49-24-20-40(35-65)28-47(49)38-68/h1-33H. The molecular formula is C63H33N9. The van der Waals surface area contributed by atoms with E-state index in [-0.39, 0.29) is 0 Å². The number of hydrogen-bond acceptors (Lipinski definition) is 7. The molecule has 330 valence electrons. The number of nitrogens with zero attached hydrogens (tertiary/aromatic N) is 9. The van der Waals surface area contributed by atoms with Crippen molar-refractivity contribution < 1.29 is 0 Å². The number of rotatable bonds is 7. The molecule has 12 rings (SSSR count). The minimum absolute atomic E-state index is 0.402. The second-order valence-corrected chi connectivity index (χ2v) is 17.3. The van der Waals surface area contributed by atoms with Gasteiger partial charge in [0.15, 0.2) is 5.82 Å². The molecule has 0 aliphatic carbocycles. The van der Waals surface area contributed by atoms with Crippen LogP contribution in [0.4, 0.5) is 0 Å². The molecule has 0 N–H and O–H groups in total. The van der Waals surface area contributed by atoms with E-state index in [1.807, 2.05) is 127 Å². The number of hydrogen-bond donors (Lipinski definition) is 0.